The molecule has 0 spiro atoms. The first-order valence-corrected chi connectivity index (χ1v) is 5.91. The SMILES string of the molecule is CC.CC(=O)N1CC2CC(F)CC2(C)C1. The Morgan fingerprint density at radius 3 is 2.53 bits per heavy atom. The summed E-state index contributed by atoms with van der Waals surface area (Å²) in [5.74, 6) is 0.525. The van der Waals surface area contributed by atoms with E-state index in [9.17, 15) is 9.18 Å². The van der Waals surface area contributed by atoms with E-state index in [1.807, 2.05) is 18.7 Å². The van der Waals surface area contributed by atoms with Crippen LogP contribution in [0.5, 0.6) is 0 Å². The molecule has 1 saturated heterocycles. The lowest BCUT2D eigenvalue weighted by atomic mass is 9.83. The van der Waals surface area contributed by atoms with E-state index in [0.717, 1.165) is 13.1 Å². The van der Waals surface area contributed by atoms with Gasteiger partial charge in [0.05, 0.1) is 0 Å². The van der Waals surface area contributed by atoms with Crippen LogP contribution in [0.2, 0.25) is 0 Å². The van der Waals surface area contributed by atoms with Gasteiger partial charge in [-0.05, 0) is 24.2 Å². The van der Waals surface area contributed by atoms with E-state index in [1.54, 1.807) is 6.92 Å². The van der Waals surface area contributed by atoms with Crippen molar-refractivity contribution >= 4 is 5.91 Å². The van der Waals surface area contributed by atoms with E-state index in [1.165, 1.54) is 0 Å². The standard InChI is InChI=1S/C10H16FNO.C2H6/c1-7(13)12-5-8-3-9(11)4-10(8,2)6-12;1-2/h8-9H,3-6H2,1-2H3;1-2H3. The molecule has 0 aromatic rings. The molecule has 0 radical (unpaired) electrons. The number of halogens is 1. The van der Waals surface area contributed by atoms with Gasteiger partial charge in [-0.15, -0.1) is 0 Å². The lowest BCUT2D eigenvalue weighted by Gasteiger charge is -2.22. The van der Waals surface area contributed by atoms with Crippen molar-refractivity contribution in [1.82, 2.24) is 4.90 Å². The van der Waals surface area contributed by atoms with E-state index in [0.29, 0.717) is 18.8 Å². The number of amides is 1. The summed E-state index contributed by atoms with van der Waals surface area (Å²) in [7, 11) is 0. The topological polar surface area (TPSA) is 20.3 Å². The number of carbonyl (C=O) groups is 1. The summed E-state index contributed by atoms with van der Waals surface area (Å²) in [4.78, 5) is 13.0. The van der Waals surface area contributed by atoms with Crippen molar-refractivity contribution in [1.29, 1.82) is 0 Å². The molecular weight excluding hydrogens is 193 g/mol. The first-order valence-electron chi connectivity index (χ1n) is 5.91. The van der Waals surface area contributed by atoms with E-state index < -0.39 is 6.17 Å². The zero-order chi connectivity index (χ0) is 11.6. The summed E-state index contributed by atoms with van der Waals surface area (Å²) < 4.78 is 13.1. The van der Waals surface area contributed by atoms with Crippen LogP contribution >= 0.6 is 0 Å². The summed E-state index contributed by atoms with van der Waals surface area (Å²) in [6, 6.07) is 0. The van der Waals surface area contributed by atoms with Gasteiger partial charge in [-0.1, -0.05) is 20.8 Å². The van der Waals surface area contributed by atoms with Crippen LogP contribution < -0.4 is 0 Å². The molecule has 3 heteroatoms. The molecule has 0 bridgehead atoms. The molecule has 0 N–H and O–H groups in total. The Hall–Kier alpha value is -0.600. The summed E-state index contributed by atoms with van der Waals surface area (Å²) >= 11 is 0. The molecule has 0 aromatic heterocycles. The molecular formula is C12H22FNO. The highest BCUT2D eigenvalue weighted by Crippen LogP contribution is 2.49. The van der Waals surface area contributed by atoms with Crippen molar-refractivity contribution in [3.8, 4) is 0 Å². The largest absolute Gasteiger partial charge is 0.342 e. The van der Waals surface area contributed by atoms with Gasteiger partial charge in [-0.3, -0.25) is 4.79 Å². The molecule has 0 aromatic carbocycles. The monoisotopic (exact) mass is 215 g/mol. The Bertz CT molecular complexity index is 244. The Morgan fingerprint density at radius 2 is 2.07 bits per heavy atom. The number of hydrogen-bond donors (Lipinski definition) is 0. The second-order valence-corrected chi connectivity index (χ2v) is 4.79. The molecule has 15 heavy (non-hydrogen) atoms. The molecule has 1 amide bonds. The molecule has 2 aliphatic rings. The van der Waals surface area contributed by atoms with Gasteiger partial charge >= 0.3 is 0 Å². The van der Waals surface area contributed by atoms with Gasteiger partial charge in [0, 0.05) is 20.0 Å². The average Bonchev–Trinajstić information content (AvgIpc) is 2.58. The minimum atomic E-state index is -0.635. The highest BCUT2D eigenvalue weighted by Gasteiger charge is 2.50. The Morgan fingerprint density at radius 1 is 1.47 bits per heavy atom. The van der Waals surface area contributed by atoms with Crippen LogP contribution in [-0.2, 0) is 4.79 Å². The maximum atomic E-state index is 13.1. The molecule has 2 fully saturated rings. The second kappa shape index (κ2) is 4.50. The molecule has 2 nitrogen and oxygen atoms in total. The maximum absolute atomic E-state index is 13.1. The van der Waals surface area contributed by atoms with Crippen molar-refractivity contribution in [3.05, 3.63) is 0 Å². The molecule has 1 aliphatic heterocycles. The average molecular weight is 215 g/mol. The lowest BCUT2D eigenvalue weighted by molar-refractivity contribution is -0.128. The normalized spacial score (nSPS) is 38.3. The summed E-state index contributed by atoms with van der Waals surface area (Å²) in [6.07, 6.45) is 0.658. The highest BCUT2D eigenvalue weighted by molar-refractivity contribution is 5.73. The third-order valence-electron chi connectivity index (χ3n) is 3.65. The van der Waals surface area contributed by atoms with E-state index in [2.05, 4.69) is 6.92 Å². The first-order chi connectivity index (χ1) is 7.01. The fourth-order valence-corrected chi connectivity index (χ4v) is 2.84. The number of carbonyl (C=O) groups excluding carboxylic acids is 1. The number of alkyl halides is 1. The minimum Gasteiger partial charge on any atom is -0.342 e. The zero-order valence-electron chi connectivity index (χ0n) is 10.2. The minimum absolute atomic E-state index is 0.0606. The van der Waals surface area contributed by atoms with Crippen molar-refractivity contribution in [3.63, 3.8) is 0 Å². The highest BCUT2D eigenvalue weighted by atomic mass is 19.1. The van der Waals surface area contributed by atoms with Crippen LogP contribution in [0.3, 0.4) is 0 Å². The molecule has 1 heterocycles. The van der Waals surface area contributed by atoms with E-state index in [4.69, 9.17) is 0 Å². The van der Waals surface area contributed by atoms with Gasteiger partial charge in [-0.25, -0.2) is 4.39 Å². The van der Waals surface area contributed by atoms with Gasteiger partial charge in [0.15, 0.2) is 0 Å². The summed E-state index contributed by atoms with van der Waals surface area (Å²) in [5, 5.41) is 0. The summed E-state index contributed by atoms with van der Waals surface area (Å²) in [5.41, 5.74) is 0.0606. The van der Waals surface area contributed by atoms with Gasteiger partial charge < -0.3 is 4.90 Å². The Balaban J connectivity index is 0.000000531. The lowest BCUT2D eigenvalue weighted by Crippen LogP contribution is -2.29. The van der Waals surface area contributed by atoms with E-state index >= 15 is 0 Å². The maximum Gasteiger partial charge on any atom is 0.219 e. The Kier molecular flexibility index (Phi) is 3.74. The summed E-state index contributed by atoms with van der Waals surface area (Å²) in [6.45, 7) is 9.23. The molecule has 3 atom stereocenters. The molecule has 88 valence electrons. The van der Waals surface area contributed by atoms with Crippen LogP contribution in [0.4, 0.5) is 4.39 Å². The fourth-order valence-electron chi connectivity index (χ4n) is 2.84. The smallest absolute Gasteiger partial charge is 0.219 e. The van der Waals surface area contributed by atoms with Gasteiger partial charge in [0.25, 0.3) is 0 Å². The molecule has 3 unspecified atom stereocenters. The predicted molar refractivity (Wildman–Crippen MR) is 59.3 cm³/mol. The van der Waals surface area contributed by atoms with Crippen molar-refractivity contribution in [2.24, 2.45) is 11.3 Å². The van der Waals surface area contributed by atoms with E-state index in [-0.39, 0.29) is 11.3 Å². The third-order valence-corrected chi connectivity index (χ3v) is 3.65. The number of rotatable bonds is 0. The van der Waals surface area contributed by atoms with Crippen molar-refractivity contribution in [2.75, 3.05) is 13.1 Å². The zero-order valence-corrected chi connectivity index (χ0v) is 10.2. The Labute approximate surface area is 91.8 Å². The number of fused-ring (bicyclic) bond motifs is 1. The van der Waals surface area contributed by atoms with Crippen LogP contribution in [0.1, 0.15) is 40.5 Å². The molecule has 1 saturated carbocycles. The predicted octanol–water partition coefficient (Wildman–Crippen LogP) is 2.63. The van der Waals surface area contributed by atoms with Crippen molar-refractivity contribution < 1.29 is 9.18 Å². The van der Waals surface area contributed by atoms with Gasteiger partial charge in [-0.2, -0.15) is 0 Å². The van der Waals surface area contributed by atoms with Gasteiger partial charge in [0.1, 0.15) is 6.17 Å². The number of likely N-dealkylation sites (tertiary alicyclic amines) is 1. The van der Waals surface area contributed by atoms with Crippen LogP contribution in [0.25, 0.3) is 0 Å². The van der Waals surface area contributed by atoms with Gasteiger partial charge in [0.2, 0.25) is 5.91 Å². The van der Waals surface area contributed by atoms with Crippen LogP contribution in [0.15, 0.2) is 0 Å². The molecule has 2 rings (SSSR count). The first kappa shape index (κ1) is 12.5. The number of hydrogen-bond acceptors (Lipinski definition) is 1. The molecule has 1 aliphatic carbocycles. The van der Waals surface area contributed by atoms with Crippen LogP contribution in [-0.4, -0.2) is 30.1 Å². The van der Waals surface area contributed by atoms with Crippen molar-refractivity contribution in [2.45, 2.75) is 46.7 Å². The van der Waals surface area contributed by atoms with Crippen LogP contribution in [0, 0.1) is 11.3 Å². The number of nitrogens with zero attached hydrogens (tertiary/aromatic N) is 1. The second-order valence-electron chi connectivity index (χ2n) is 4.79. The third kappa shape index (κ3) is 2.32. The quantitative estimate of drug-likeness (QED) is 0.608. The fraction of sp³-hybridized carbons (Fsp3) is 0.917.